The fraction of sp³-hybridized carbons (Fsp3) is 0.600. The van der Waals surface area contributed by atoms with Crippen molar-refractivity contribution in [1.29, 1.82) is 0 Å². The highest BCUT2D eigenvalue weighted by molar-refractivity contribution is 5.40. The normalized spacial score (nSPS) is 14.9. The lowest BCUT2D eigenvalue weighted by Crippen LogP contribution is -2.05. The van der Waals surface area contributed by atoms with E-state index < -0.39 is 0 Å². The van der Waals surface area contributed by atoms with Crippen LogP contribution in [0, 0.1) is 11.8 Å². The lowest BCUT2D eigenvalue weighted by atomic mass is 9.86. The molecular formula is C15H24O2. The van der Waals surface area contributed by atoms with Gasteiger partial charge in [0, 0.05) is 5.56 Å². The van der Waals surface area contributed by atoms with Crippen LogP contribution in [0.25, 0.3) is 0 Å². The van der Waals surface area contributed by atoms with E-state index in [-0.39, 0.29) is 17.4 Å². The third-order valence-electron chi connectivity index (χ3n) is 3.17. The van der Waals surface area contributed by atoms with Gasteiger partial charge in [0.1, 0.15) is 11.5 Å². The summed E-state index contributed by atoms with van der Waals surface area (Å²) < 4.78 is 0. The number of aromatic hydroxyl groups is 2. The molecule has 0 heterocycles. The smallest absolute Gasteiger partial charge is 0.119 e. The molecule has 96 valence electrons. The zero-order valence-electron chi connectivity index (χ0n) is 11.3. The Labute approximate surface area is 104 Å². The summed E-state index contributed by atoms with van der Waals surface area (Å²) >= 11 is 0. The maximum absolute atomic E-state index is 9.79. The molecule has 0 aliphatic rings. The summed E-state index contributed by atoms with van der Waals surface area (Å²) in [7, 11) is 0. The van der Waals surface area contributed by atoms with Crippen LogP contribution in [-0.2, 0) is 0 Å². The summed E-state index contributed by atoms with van der Waals surface area (Å²) in [5.74, 6) is 2.12. The van der Waals surface area contributed by atoms with Gasteiger partial charge in [-0.1, -0.05) is 27.7 Å². The molecule has 0 radical (unpaired) electrons. The van der Waals surface area contributed by atoms with Gasteiger partial charge in [0.25, 0.3) is 0 Å². The molecule has 0 aliphatic carbocycles. The zero-order chi connectivity index (χ0) is 13.0. The Kier molecular flexibility index (Phi) is 4.86. The molecule has 2 N–H and O–H groups in total. The molecule has 0 spiro atoms. The number of rotatable bonds is 5. The predicted molar refractivity (Wildman–Crippen MR) is 71.4 cm³/mol. The molecule has 0 aliphatic heterocycles. The average Bonchev–Trinajstić information content (AvgIpc) is 2.20. The van der Waals surface area contributed by atoms with Crippen molar-refractivity contribution >= 4 is 0 Å². The van der Waals surface area contributed by atoms with Crippen molar-refractivity contribution in [2.24, 2.45) is 11.8 Å². The van der Waals surface area contributed by atoms with E-state index in [1.807, 2.05) is 0 Å². The predicted octanol–water partition coefficient (Wildman–Crippen LogP) is 4.27. The van der Waals surface area contributed by atoms with Gasteiger partial charge < -0.3 is 10.2 Å². The minimum absolute atomic E-state index is 0.223. The monoisotopic (exact) mass is 236 g/mol. The Bertz CT molecular complexity index is 358. The Balaban J connectivity index is 2.69. The second-order valence-electron chi connectivity index (χ2n) is 5.61. The van der Waals surface area contributed by atoms with E-state index in [0.717, 1.165) is 12.0 Å². The van der Waals surface area contributed by atoms with Crippen molar-refractivity contribution < 1.29 is 10.2 Å². The van der Waals surface area contributed by atoms with Crippen LogP contribution in [-0.4, -0.2) is 10.2 Å². The summed E-state index contributed by atoms with van der Waals surface area (Å²) in [5, 5.41) is 19.2. The van der Waals surface area contributed by atoms with E-state index >= 15 is 0 Å². The lowest BCUT2D eigenvalue weighted by Gasteiger charge is -2.20. The van der Waals surface area contributed by atoms with E-state index in [2.05, 4.69) is 27.7 Å². The van der Waals surface area contributed by atoms with Gasteiger partial charge in [-0.2, -0.15) is 0 Å². The van der Waals surface area contributed by atoms with Crippen LogP contribution in [0.3, 0.4) is 0 Å². The Morgan fingerprint density at radius 2 is 1.65 bits per heavy atom. The van der Waals surface area contributed by atoms with E-state index in [1.54, 1.807) is 12.1 Å². The number of hydrogen-bond acceptors (Lipinski definition) is 2. The highest BCUT2D eigenvalue weighted by Gasteiger charge is 2.15. The molecule has 2 nitrogen and oxygen atoms in total. The van der Waals surface area contributed by atoms with Crippen LogP contribution in [0.4, 0.5) is 0 Å². The maximum Gasteiger partial charge on any atom is 0.119 e. The van der Waals surface area contributed by atoms with Crippen LogP contribution in [0.5, 0.6) is 11.5 Å². The molecule has 2 unspecified atom stereocenters. The van der Waals surface area contributed by atoms with Gasteiger partial charge in [-0.3, -0.25) is 0 Å². The summed E-state index contributed by atoms with van der Waals surface area (Å²) in [5.41, 5.74) is 0.848. The molecule has 1 aromatic carbocycles. The van der Waals surface area contributed by atoms with Crippen LogP contribution >= 0.6 is 0 Å². The van der Waals surface area contributed by atoms with Gasteiger partial charge in [0.15, 0.2) is 0 Å². The molecular weight excluding hydrogens is 212 g/mol. The topological polar surface area (TPSA) is 40.5 Å². The molecule has 0 amide bonds. The fourth-order valence-corrected chi connectivity index (χ4v) is 2.57. The van der Waals surface area contributed by atoms with Gasteiger partial charge in [-0.15, -0.1) is 0 Å². The van der Waals surface area contributed by atoms with Crippen molar-refractivity contribution in [2.75, 3.05) is 0 Å². The first-order valence-electron chi connectivity index (χ1n) is 6.42. The highest BCUT2D eigenvalue weighted by atomic mass is 16.3. The summed E-state index contributed by atoms with van der Waals surface area (Å²) in [6.45, 7) is 8.81. The van der Waals surface area contributed by atoms with E-state index in [9.17, 15) is 10.2 Å². The summed E-state index contributed by atoms with van der Waals surface area (Å²) in [6, 6.07) is 4.75. The van der Waals surface area contributed by atoms with Crippen LogP contribution in [0.1, 0.15) is 52.0 Å². The van der Waals surface area contributed by atoms with E-state index in [0.29, 0.717) is 11.8 Å². The molecule has 0 aromatic heterocycles. The number of hydrogen-bond donors (Lipinski definition) is 2. The summed E-state index contributed by atoms with van der Waals surface area (Å²) in [4.78, 5) is 0. The Hall–Kier alpha value is -1.18. The van der Waals surface area contributed by atoms with Gasteiger partial charge in [0.2, 0.25) is 0 Å². The van der Waals surface area contributed by atoms with E-state index in [4.69, 9.17) is 0 Å². The second kappa shape index (κ2) is 5.95. The standard InChI is InChI=1S/C15H24O2/c1-10(2)7-11(3)8-12(4)14-9-13(16)5-6-15(14)17/h5-6,9-12,16-17H,7-8H2,1-4H3. The Morgan fingerprint density at radius 1 is 1.00 bits per heavy atom. The van der Waals surface area contributed by atoms with E-state index in [1.165, 1.54) is 12.5 Å². The lowest BCUT2D eigenvalue weighted by molar-refractivity contribution is 0.384. The van der Waals surface area contributed by atoms with Gasteiger partial charge in [0.05, 0.1) is 0 Å². The van der Waals surface area contributed by atoms with Gasteiger partial charge >= 0.3 is 0 Å². The first-order valence-corrected chi connectivity index (χ1v) is 6.42. The summed E-state index contributed by atoms with van der Waals surface area (Å²) in [6.07, 6.45) is 2.24. The molecule has 1 aromatic rings. The molecule has 2 atom stereocenters. The zero-order valence-corrected chi connectivity index (χ0v) is 11.3. The van der Waals surface area contributed by atoms with Gasteiger partial charge in [-0.25, -0.2) is 0 Å². The molecule has 0 saturated carbocycles. The fourth-order valence-electron chi connectivity index (χ4n) is 2.57. The molecule has 1 rings (SSSR count). The second-order valence-corrected chi connectivity index (χ2v) is 5.61. The average molecular weight is 236 g/mol. The molecule has 0 saturated heterocycles. The van der Waals surface area contributed by atoms with Crippen LogP contribution in [0.15, 0.2) is 18.2 Å². The largest absolute Gasteiger partial charge is 0.508 e. The highest BCUT2D eigenvalue weighted by Crippen LogP contribution is 2.33. The van der Waals surface area contributed by atoms with Crippen molar-refractivity contribution in [2.45, 2.75) is 46.5 Å². The minimum Gasteiger partial charge on any atom is -0.508 e. The third kappa shape index (κ3) is 4.29. The number of phenols is 2. The molecule has 2 heteroatoms. The molecule has 0 fully saturated rings. The van der Waals surface area contributed by atoms with Crippen LogP contribution < -0.4 is 0 Å². The van der Waals surface area contributed by atoms with Gasteiger partial charge in [-0.05, 0) is 48.8 Å². The van der Waals surface area contributed by atoms with Crippen molar-refractivity contribution in [1.82, 2.24) is 0 Å². The quantitative estimate of drug-likeness (QED) is 0.749. The number of benzene rings is 1. The molecule has 0 bridgehead atoms. The first-order chi connectivity index (χ1) is 7.90. The van der Waals surface area contributed by atoms with Crippen molar-refractivity contribution in [3.8, 4) is 11.5 Å². The Morgan fingerprint density at radius 3 is 2.24 bits per heavy atom. The van der Waals surface area contributed by atoms with Crippen molar-refractivity contribution in [3.63, 3.8) is 0 Å². The van der Waals surface area contributed by atoms with Crippen molar-refractivity contribution in [3.05, 3.63) is 23.8 Å². The third-order valence-corrected chi connectivity index (χ3v) is 3.17. The molecule has 17 heavy (non-hydrogen) atoms. The van der Waals surface area contributed by atoms with Crippen LogP contribution in [0.2, 0.25) is 0 Å². The number of phenolic OH excluding ortho intramolecular Hbond substituents is 2. The SMILES string of the molecule is CC(C)CC(C)CC(C)c1cc(O)ccc1O. The first kappa shape index (κ1) is 13.9. The maximum atomic E-state index is 9.79. The minimum atomic E-state index is 0.223.